The third-order valence-corrected chi connectivity index (χ3v) is 7.51. The standard InChI is InChI=1S/C16H24O4.C9H14O/c1-10(17)15(20)9-8-13-6-4-5-7-14(13)16(15,11(2)18)12(3)19;1-7-4-8(10)6-9(2,3)5-7/h13-14,20H,4-9H2,1-3H3;4H,5-6H2,1-3H3. The predicted molar refractivity (Wildman–Crippen MR) is 116 cm³/mol. The number of Topliss-reactive ketones (excluding diaryl/α,β-unsaturated/α-hetero) is 3. The first kappa shape index (κ1) is 24.6. The summed E-state index contributed by atoms with van der Waals surface area (Å²) in [7, 11) is 0. The highest BCUT2D eigenvalue weighted by molar-refractivity contribution is 6.12. The van der Waals surface area contributed by atoms with Gasteiger partial charge in [0.2, 0.25) is 0 Å². The number of hydrogen-bond acceptors (Lipinski definition) is 5. The predicted octanol–water partition coefficient (Wildman–Crippen LogP) is 4.39. The Morgan fingerprint density at radius 2 is 1.50 bits per heavy atom. The second-order valence-corrected chi connectivity index (χ2v) is 10.5. The van der Waals surface area contributed by atoms with Crippen molar-refractivity contribution in [3.8, 4) is 0 Å². The molecule has 3 aliphatic rings. The zero-order chi connectivity index (χ0) is 22.9. The Balaban J connectivity index is 0.000000269. The topological polar surface area (TPSA) is 88.5 Å². The molecule has 5 nitrogen and oxygen atoms in total. The van der Waals surface area contributed by atoms with E-state index in [2.05, 4.69) is 13.8 Å². The minimum atomic E-state index is -1.82. The Bertz CT molecular complexity index is 746. The van der Waals surface area contributed by atoms with Crippen LogP contribution in [0.25, 0.3) is 0 Å². The number of hydrogen-bond donors (Lipinski definition) is 1. The largest absolute Gasteiger partial charge is 0.381 e. The van der Waals surface area contributed by atoms with Gasteiger partial charge in [-0.15, -0.1) is 0 Å². The van der Waals surface area contributed by atoms with E-state index in [0.717, 1.165) is 38.5 Å². The fourth-order valence-electron chi connectivity index (χ4n) is 6.49. The van der Waals surface area contributed by atoms with Gasteiger partial charge in [0.25, 0.3) is 0 Å². The lowest BCUT2D eigenvalue weighted by Gasteiger charge is -2.55. The van der Waals surface area contributed by atoms with Crippen LogP contribution >= 0.6 is 0 Å². The molecule has 2 saturated carbocycles. The van der Waals surface area contributed by atoms with Crippen molar-refractivity contribution in [2.24, 2.45) is 22.7 Å². The fourth-order valence-corrected chi connectivity index (χ4v) is 6.49. The molecular formula is C25H38O5. The number of allylic oxidation sites excluding steroid dienone is 2. The summed E-state index contributed by atoms with van der Waals surface area (Å²) in [5.41, 5.74) is -1.91. The Labute approximate surface area is 180 Å². The first-order valence-electron chi connectivity index (χ1n) is 11.2. The highest BCUT2D eigenvalue weighted by Crippen LogP contribution is 2.56. The van der Waals surface area contributed by atoms with Gasteiger partial charge in [-0.1, -0.05) is 38.7 Å². The van der Waals surface area contributed by atoms with Crippen molar-refractivity contribution in [1.29, 1.82) is 0 Å². The molecule has 3 unspecified atom stereocenters. The summed E-state index contributed by atoms with van der Waals surface area (Å²) in [4.78, 5) is 47.9. The number of carbonyl (C=O) groups excluding carboxylic acids is 4. The van der Waals surface area contributed by atoms with E-state index in [1.165, 1.54) is 26.3 Å². The second kappa shape index (κ2) is 8.86. The van der Waals surface area contributed by atoms with Crippen molar-refractivity contribution in [1.82, 2.24) is 0 Å². The first-order chi connectivity index (χ1) is 13.8. The lowest BCUT2D eigenvalue weighted by Crippen LogP contribution is -2.68. The molecule has 1 N–H and O–H groups in total. The third-order valence-electron chi connectivity index (χ3n) is 7.51. The molecule has 30 heavy (non-hydrogen) atoms. The monoisotopic (exact) mass is 418 g/mol. The van der Waals surface area contributed by atoms with E-state index in [1.807, 2.05) is 6.92 Å². The Morgan fingerprint density at radius 1 is 0.933 bits per heavy atom. The molecule has 0 amide bonds. The molecule has 2 fully saturated rings. The summed E-state index contributed by atoms with van der Waals surface area (Å²) >= 11 is 0. The molecule has 168 valence electrons. The zero-order valence-electron chi connectivity index (χ0n) is 19.5. The minimum absolute atomic E-state index is 0.186. The van der Waals surface area contributed by atoms with E-state index in [9.17, 15) is 24.3 Å². The van der Waals surface area contributed by atoms with Gasteiger partial charge in [0, 0.05) is 6.42 Å². The van der Waals surface area contributed by atoms with Gasteiger partial charge in [0.05, 0.1) is 0 Å². The zero-order valence-corrected chi connectivity index (χ0v) is 19.5. The van der Waals surface area contributed by atoms with Crippen LogP contribution in [0.5, 0.6) is 0 Å². The molecule has 0 radical (unpaired) electrons. The van der Waals surface area contributed by atoms with Crippen LogP contribution in [0.2, 0.25) is 0 Å². The number of aliphatic hydroxyl groups is 1. The average molecular weight is 419 g/mol. The van der Waals surface area contributed by atoms with Crippen molar-refractivity contribution in [3.63, 3.8) is 0 Å². The van der Waals surface area contributed by atoms with Crippen LogP contribution in [0.3, 0.4) is 0 Å². The van der Waals surface area contributed by atoms with Crippen LogP contribution in [-0.2, 0) is 19.2 Å². The SMILES string of the molecule is CC(=O)C1(O)CCC2CCCCC2C1(C(C)=O)C(C)=O.CC1=CC(=O)CC(C)(C)C1. The molecule has 3 aliphatic carbocycles. The Morgan fingerprint density at radius 3 is 1.97 bits per heavy atom. The van der Waals surface area contributed by atoms with E-state index < -0.39 is 16.8 Å². The fraction of sp³-hybridized carbons (Fsp3) is 0.760. The van der Waals surface area contributed by atoms with Gasteiger partial charge in [0.15, 0.2) is 11.6 Å². The smallest absolute Gasteiger partial charge is 0.162 e. The average Bonchev–Trinajstić information content (AvgIpc) is 2.59. The summed E-state index contributed by atoms with van der Waals surface area (Å²) in [6.07, 6.45) is 8.30. The number of fused-ring (bicyclic) bond motifs is 1. The van der Waals surface area contributed by atoms with E-state index in [4.69, 9.17) is 0 Å². The molecule has 0 aromatic heterocycles. The Hall–Kier alpha value is -1.62. The summed E-state index contributed by atoms with van der Waals surface area (Å²) in [5, 5.41) is 10.9. The highest BCUT2D eigenvalue weighted by atomic mass is 16.3. The van der Waals surface area contributed by atoms with E-state index in [0.29, 0.717) is 6.42 Å². The van der Waals surface area contributed by atoms with Gasteiger partial charge < -0.3 is 5.11 Å². The van der Waals surface area contributed by atoms with Crippen LogP contribution < -0.4 is 0 Å². The summed E-state index contributed by atoms with van der Waals surface area (Å²) in [6.45, 7) is 10.3. The van der Waals surface area contributed by atoms with Gasteiger partial charge in [-0.2, -0.15) is 0 Å². The molecule has 0 bridgehead atoms. The summed E-state index contributed by atoms with van der Waals surface area (Å²) in [5.74, 6) is -0.774. The quantitative estimate of drug-likeness (QED) is 0.687. The molecule has 0 spiro atoms. The van der Waals surface area contributed by atoms with Crippen molar-refractivity contribution >= 4 is 23.1 Å². The van der Waals surface area contributed by atoms with Crippen molar-refractivity contribution in [3.05, 3.63) is 11.6 Å². The molecule has 0 aromatic rings. The van der Waals surface area contributed by atoms with Gasteiger partial charge in [-0.05, 0) is 76.7 Å². The molecular weight excluding hydrogens is 380 g/mol. The van der Waals surface area contributed by atoms with Gasteiger partial charge in [-0.3, -0.25) is 19.2 Å². The maximum absolute atomic E-state index is 12.4. The first-order valence-corrected chi connectivity index (χ1v) is 11.2. The van der Waals surface area contributed by atoms with E-state index >= 15 is 0 Å². The van der Waals surface area contributed by atoms with Gasteiger partial charge in [0.1, 0.15) is 22.6 Å². The molecule has 0 heterocycles. The Kier molecular flexibility index (Phi) is 7.28. The molecule has 3 rings (SSSR count). The molecule has 0 aliphatic heterocycles. The third kappa shape index (κ3) is 4.37. The van der Waals surface area contributed by atoms with Gasteiger partial charge in [-0.25, -0.2) is 0 Å². The van der Waals surface area contributed by atoms with Crippen LogP contribution in [0.15, 0.2) is 11.6 Å². The maximum atomic E-state index is 12.4. The van der Waals surface area contributed by atoms with Crippen LogP contribution in [0, 0.1) is 22.7 Å². The normalized spacial score (nSPS) is 32.1. The maximum Gasteiger partial charge on any atom is 0.162 e. The molecule has 5 heteroatoms. The summed E-state index contributed by atoms with van der Waals surface area (Å²) < 4.78 is 0. The lowest BCUT2D eigenvalue weighted by atomic mass is 9.47. The highest BCUT2D eigenvalue weighted by Gasteiger charge is 2.67. The number of ketones is 4. The van der Waals surface area contributed by atoms with E-state index in [-0.39, 0.29) is 41.0 Å². The van der Waals surface area contributed by atoms with Crippen molar-refractivity contribution < 1.29 is 24.3 Å². The van der Waals surface area contributed by atoms with Crippen LogP contribution in [-0.4, -0.2) is 33.8 Å². The van der Waals surface area contributed by atoms with Crippen LogP contribution in [0.4, 0.5) is 0 Å². The number of rotatable bonds is 3. The van der Waals surface area contributed by atoms with Crippen molar-refractivity contribution in [2.75, 3.05) is 0 Å². The lowest BCUT2D eigenvalue weighted by molar-refractivity contribution is -0.191. The molecule has 0 saturated heterocycles. The minimum Gasteiger partial charge on any atom is -0.381 e. The second-order valence-electron chi connectivity index (χ2n) is 10.5. The molecule has 0 aromatic carbocycles. The van der Waals surface area contributed by atoms with Crippen molar-refractivity contribution in [2.45, 2.75) is 98.5 Å². The molecule has 3 atom stereocenters. The number of carbonyl (C=O) groups is 4. The van der Waals surface area contributed by atoms with E-state index in [1.54, 1.807) is 6.08 Å². The van der Waals surface area contributed by atoms with Gasteiger partial charge >= 0.3 is 0 Å². The van der Waals surface area contributed by atoms with Crippen LogP contribution in [0.1, 0.15) is 92.9 Å². The summed E-state index contributed by atoms with van der Waals surface area (Å²) in [6, 6.07) is 0.